The molecule has 0 aliphatic heterocycles. The van der Waals surface area contributed by atoms with E-state index in [1.807, 2.05) is 37.3 Å². The lowest BCUT2D eigenvalue weighted by Gasteiger charge is -2.11. The summed E-state index contributed by atoms with van der Waals surface area (Å²) >= 11 is 0. The Hall–Kier alpha value is -1.77. The number of hydrogen-bond donors (Lipinski definition) is 2. The minimum Gasteiger partial charge on any atom is -0.384 e. The Labute approximate surface area is 96.6 Å². The molecule has 0 amide bonds. The van der Waals surface area contributed by atoms with Crippen LogP contribution in [0.4, 0.5) is 0 Å². The number of rotatable bonds is 5. The summed E-state index contributed by atoms with van der Waals surface area (Å²) in [6, 6.07) is 10.1. The van der Waals surface area contributed by atoms with Gasteiger partial charge in [-0.2, -0.15) is 0 Å². The fourth-order valence-electron chi connectivity index (χ4n) is 1.55. The van der Waals surface area contributed by atoms with Crippen LogP contribution in [0.2, 0.25) is 0 Å². The second kappa shape index (κ2) is 5.95. The normalized spacial score (nSPS) is 11.7. The minimum absolute atomic E-state index is 0.0422. The highest BCUT2D eigenvalue weighted by molar-refractivity contribution is 5.93. The van der Waals surface area contributed by atoms with Gasteiger partial charge in [-0.25, -0.2) is 0 Å². The molecule has 0 aliphatic rings. The second-order valence-corrected chi connectivity index (χ2v) is 3.65. The van der Waals surface area contributed by atoms with Crippen LogP contribution in [0.5, 0.6) is 0 Å². The van der Waals surface area contributed by atoms with Crippen molar-refractivity contribution in [3.63, 3.8) is 0 Å². The second-order valence-electron chi connectivity index (χ2n) is 3.65. The van der Waals surface area contributed by atoms with Gasteiger partial charge in [-0.15, -0.1) is 0 Å². The molecule has 0 aliphatic carbocycles. The number of carbonyl (C=O) groups is 1. The number of nitrogens with one attached hydrogen (secondary N) is 2. The van der Waals surface area contributed by atoms with Crippen LogP contribution < -0.4 is 10.6 Å². The zero-order valence-corrected chi connectivity index (χ0v) is 10.0. The third-order valence-electron chi connectivity index (χ3n) is 2.38. The van der Waals surface area contributed by atoms with Crippen LogP contribution in [0.1, 0.15) is 19.4 Å². The standard InChI is InChI=1S/C13H18N2O/c1-10(13(14-3)11(2)16)15-9-12-7-5-4-6-8-12/h4-8,14-15H,9H2,1-3H3/b13-10-. The van der Waals surface area contributed by atoms with Gasteiger partial charge < -0.3 is 10.6 Å². The summed E-state index contributed by atoms with van der Waals surface area (Å²) in [5.74, 6) is 0.0422. The molecular weight excluding hydrogens is 200 g/mol. The van der Waals surface area contributed by atoms with Gasteiger partial charge >= 0.3 is 0 Å². The molecule has 3 heteroatoms. The molecule has 0 radical (unpaired) electrons. The highest BCUT2D eigenvalue weighted by Gasteiger charge is 2.05. The molecule has 0 aromatic heterocycles. The highest BCUT2D eigenvalue weighted by Crippen LogP contribution is 2.02. The summed E-state index contributed by atoms with van der Waals surface area (Å²) in [7, 11) is 1.75. The van der Waals surface area contributed by atoms with E-state index in [9.17, 15) is 4.79 Å². The Morgan fingerprint density at radius 2 is 1.81 bits per heavy atom. The van der Waals surface area contributed by atoms with E-state index >= 15 is 0 Å². The lowest BCUT2D eigenvalue weighted by Crippen LogP contribution is -2.22. The summed E-state index contributed by atoms with van der Waals surface area (Å²) in [6.07, 6.45) is 0. The molecule has 0 saturated heterocycles. The fraction of sp³-hybridized carbons (Fsp3) is 0.308. The van der Waals surface area contributed by atoms with E-state index in [0.717, 1.165) is 12.2 Å². The fourth-order valence-corrected chi connectivity index (χ4v) is 1.55. The molecule has 16 heavy (non-hydrogen) atoms. The van der Waals surface area contributed by atoms with Crippen LogP contribution in [0, 0.1) is 0 Å². The predicted molar refractivity (Wildman–Crippen MR) is 65.7 cm³/mol. The van der Waals surface area contributed by atoms with Crippen molar-refractivity contribution in [1.29, 1.82) is 0 Å². The zero-order chi connectivity index (χ0) is 12.0. The predicted octanol–water partition coefficient (Wildman–Crippen LogP) is 1.82. The van der Waals surface area contributed by atoms with Crippen LogP contribution in [0.3, 0.4) is 0 Å². The van der Waals surface area contributed by atoms with E-state index in [1.165, 1.54) is 5.56 Å². The molecular formula is C13H18N2O. The van der Waals surface area contributed by atoms with E-state index in [-0.39, 0.29) is 5.78 Å². The van der Waals surface area contributed by atoms with Gasteiger partial charge in [0, 0.05) is 26.2 Å². The molecule has 2 N–H and O–H groups in total. The van der Waals surface area contributed by atoms with Gasteiger partial charge in [-0.3, -0.25) is 4.79 Å². The van der Waals surface area contributed by atoms with Crippen molar-refractivity contribution >= 4 is 5.78 Å². The first-order valence-electron chi connectivity index (χ1n) is 5.32. The lowest BCUT2D eigenvalue weighted by atomic mass is 10.2. The van der Waals surface area contributed by atoms with Crippen molar-refractivity contribution in [2.75, 3.05) is 7.05 Å². The van der Waals surface area contributed by atoms with Crippen molar-refractivity contribution in [1.82, 2.24) is 10.6 Å². The molecule has 0 fully saturated rings. The third-order valence-corrected chi connectivity index (χ3v) is 2.38. The SMILES string of the molecule is CN/C(C(C)=O)=C(/C)NCc1ccccc1. The molecule has 1 rings (SSSR count). The molecule has 0 spiro atoms. The summed E-state index contributed by atoms with van der Waals surface area (Å²) in [4.78, 5) is 11.3. The first-order valence-corrected chi connectivity index (χ1v) is 5.32. The number of ketones is 1. The highest BCUT2D eigenvalue weighted by atomic mass is 16.1. The number of carbonyl (C=O) groups excluding carboxylic acids is 1. The molecule has 1 aromatic rings. The van der Waals surface area contributed by atoms with E-state index in [1.54, 1.807) is 14.0 Å². The van der Waals surface area contributed by atoms with Crippen LogP contribution in [0.15, 0.2) is 41.7 Å². The number of allylic oxidation sites excluding steroid dienone is 2. The maximum absolute atomic E-state index is 11.3. The molecule has 0 heterocycles. The van der Waals surface area contributed by atoms with Crippen LogP contribution >= 0.6 is 0 Å². The Morgan fingerprint density at radius 1 is 1.19 bits per heavy atom. The molecule has 0 bridgehead atoms. The number of likely N-dealkylation sites (N-methyl/N-ethyl adjacent to an activating group) is 1. The largest absolute Gasteiger partial charge is 0.384 e. The van der Waals surface area contributed by atoms with Crippen LogP contribution in [-0.4, -0.2) is 12.8 Å². The Kier molecular flexibility index (Phi) is 4.58. The number of benzene rings is 1. The van der Waals surface area contributed by atoms with Gasteiger partial charge in [0.15, 0.2) is 5.78 Å². The first kappa shape index (κ1) is 12.3. The summed E-state index contributed by atoms with van der Waals surface area (Å²) < 4.78 is 0. The van der Waals surface area contributed by atoms with E-state index in [4.69, 9.17) is 0 Å². The minimum atomic E-state index is 0.0422. The molecule has 0 saturated carbocycles. The average Bonchev–Trinajstić information content (AvgIpc) is 2.28. The van der Waals surface area contributed by atoms with Gasteiger partial charge in [0.2, 0.25) is 0 Å². The Bertz CT molecular complexity index is 382. The van der Waals surface area contributed by atoms with Gasteiger partial charge in [0.05, 0.1) is 5.70 Å². The van der Waals surface area contributed by atoms with Crippen LogP contribution in [0.25, 0.3) is 0 Å². The smallest absolute Gasteiger partial charge is 0.177 e. The maximum atomic E-state index is 11.3. The van der Waals surface area contributed by atoms with Crippen molar-refractivity contribution in [2.45, 2.75) is 20.4 Å². The molecule has 3 nitrogen and oxygen atoms in total. The third kappa shape index (κ3) is 3.42. The first-order chi connectivity index (χ1) is 7.65. The molecule has 0 unspecified atom stereocenters. The quantitative estimate of drug-likeness (QED) is 0.741. The van der Waals surface area contributed by atoms with Gasteiger partial charge in [-0.1, -0.05) is 30.3 Å². The summed E-state index contributed by atoms with van der Waals surface area (Å²) in [5.41, 5.74) is 2.70. The van der Waals surface area contributed by atoms with Crippen molar-refractivity contribution in [3.05, 3.63) is 47.3 Å². The maximum Gasteiger partial charge on any atom is 0.177 e. The summed E-state index contributed by atoms with van der Waals surface area (Å²) in [5, 5.41) is 6.13. The van der Waals surface area contributed by atoms with E-state index < -0.39 is 0 Å². The average molecular weight is 218 g/mol. The van der Waals surface area contributed by atoms with E-state index in [2.05, 4.69) is 10.6 Å². The Morgan fingerprint density at radius 3 is 2.31 bits per heavy atom. The molecule has 86 valence electrons. The summed E-state index contributed by atoms with van der Waals surface area (Å²) in [6.45, 7) is 4.18. The van der Waals surface area contributed by atoms with Crippen molar-refractivity contribution in [3.8, 4) is 0 Å². The van der Waals surface area contributed by atoms with Crippen molar-refractivity contribution in [2.24, 2.45) is 0 Å². The van der Waals surface area contributed by atoms with Crippen molar-refractivity contribution < 1.29 is 4.79 Å². The van der Waals surface area contributed by atoms with Gasteiger partial charge in [-0.05, 0) is 12.5 Å². The topological polar surface area (TPSA) is 41.1 Å². The molecule has 1 aromatic carbocycles. The molecule has 0 atom stereocenters. The van der Waals surface area contributed by atoms with Gasteiger partial charge in [0.25, 0.3) is 0 Å². The van der Waals surface area contributed by atoms with Crippen LogP contribution in [-0.2, 0) is 11.3 Å². The monoisotopic (exact) mass is 218 g/mol. The Balaban J connectivity index is 2.65. The number of hydrogen-bond acceptors (Lipinski definition) is 3. The van der Waals surface area contributed by atoms with Gasteiger partial charge in [0.1, 0.15) is 0 Å². The zero-order valence-electron chi connectivity index (χ0n) is 10.0. The number of Topliss-reactive ketones (excluding diaryl/α,β-unsaturated/α-hetero) is 1. The van der Waals surface area contributed by atoms with E-state index in [0.29, 0.717) is 5.70 Å². The lowest BCUT2D eigenvalue weighted by molar-refractivity contribution is -0.114.